The molecule has 4 heteroatoms. The first kappa shape index (κ1) is 13.1. The summed E-state index contributed by atoms with van der Waals surface area (Å²) in [6.07, 6.45) is 0. The largest absolute Gasteiger partial charge is 0.507 e. The van der Waals surface area contributed by atoms with E-state index in [-0.39, 0.29) is 11.3 Å². The maximum absolute atomic E-state index is 13.8. The smallest absolute Gasteiger partial charge is 0.337 e. The number of hydrogen-bond donors (Lipinski definition) is 1. The molecule has 0 bridgehead atoms. The zero-order valence-corrected chi connectivity index (χ0v) is 10.6. The van der Waals surface area contributed by atoms with Crippen molar-refractivity contribution in [2.24, 2.45) is 0 Å². The fourth-order valence-corrected chi connectivity index (χ4v) is 1.85. The highest BCUT2D eigenvalue weighted by atomic mass is 19.1. The third-order valence-corrected chi connectivity index (χ3v) is 2.83. The van der Waals surface area contributed by atoms with Crippen LogP contribution in [0.4, 0.5) is 4.39 Å². The van der Waals surface area contributed by atoms with Crippen molar-refractivity contribution >= 4 is 5.97 Å². The van der Waals surface area contributed by atoms with E-state index in [1.54, 1.807) is 12.1 Å². The van der Waals surface area contributed by atoms with Crippen LogP contribution in [0, 0.1) is 12.7 Å². The number of carbonyl (C=O) groups is 1. The van der Waals surface area contributed by atoms with Crippen LogP contribution in [-0.4, -0.2) is 18.2 Å². The maximum Gasteiger partial charge on any atom is 0.337 e. The van der Waals surface area contributed by atoms with Gasteiger partial charge < -0.3 is 9.84 Å². The maximum atomic E-state index is 13.8. The molecule has 2 aromatic carbocycles. The summed E-state index contributed by atoms with van der Waals surface area (Å²) < 4.78 is 18.3. The van der Waals surface area contributed by atoms with Gasteiger partial charge in [0.2, 0.25) is 0 Å². The second-order valence-corrected chi connectivity index (χ2v) is 4.21. The Balaban J connectivity index is 2.52. The highest BCUT2D eigenvalue weighted by molar-refractivity contribution is 5.91. The van der Waals surface area contributed by atoms with E-state index >= 15 is 0 Å². The predicted molar refractivity (Wildman–Crippen MR) is 69.6 cm³/mol. The molecule has 0 aliphatic heterocycles. The SMILES string of the molecule is COC(=O)c1ccc(-c2cc(C)ccc2F)c(O)c1. The second-order valence-electron chi connectivity index (χ2n) is 4.21. The standard InChI is InChI=1S/C15H13FO3/c1-9-3-6-13(16)12(7-9)11-5-4-10(8-14(11)17)15(18)19-2/h3-8,17H,1-2H3. The molecule has 0 atom stereocenters. The van der Waals surface area contributed by atoms with E-state index < -0.39 is 11.8 Å². The topological polar surface area (TPSA) is 46.5 Å². The minimum atomic E-state index is -0.549. The first-order chi connectivity index (χ1) is 9.02. The molecule has 0 radical (unpaired) electrons. The van der Waals surface area contributed by atoms with Gasteiger partial charge in [0.15, 0.2) is 0 Å². The van der Waals surface area contributed by atoms with Gasteiger partial charge in [-0.15, -0.1) is 0 Å². The third-order valence-electron chi connectivity index (χ3n) is 2.83. The summed E-state index contributed by atoms with van der Waals surface area (Å²) in [4.78, 5) is 11.3. The molecule has 0 spiro atoms. The van der Waals surface area contributed by atoms with E-state index in [1.165, 1.54) is 31.4 Å². The number of benzene rings is 2. The lowest BCUT2D eigenvalue weighted by molar-refractivity contribution is 0.0600. The average molecular weight is 260 g/mol. The Morgan fingerprint density at radius 2 is 1.89 bits per heavy atom. The predicted octanol–water partition coefficient (Wildman–Crippen LogP) is 3.29. The number of methoxy groups -OCH3 is 1. The van der Waals surface area contributed by atoms with Crippen LogP contribution in [0.1, 0.15) is 15.9 Å². The normalized spacial score (nSPS) is 10.3. The number of hydrogen-bond acceptors (Lipinski definition) is 3. The van der Waals surface area contributed by atoms with Gasteiger partial charge in [-0.1, -0.05) is 11.6 Å². The Morgan fingerprint density at radius 3 is 2.53 bits per heavy atom. The van der Waals surface area contributed by atoms with Gasteiger partial charge in [-0.05, 0) is 37.3 Å². The summed E-state index contributed by atoms with van der Waals surface area (Å²) in [5.41, 5.74) is 1.74. The lowest BCUT2D eigenvalue weighted by Gasteiger charge is -2.08. The number of aryl methyl sites for hydroxylation is 1. The molecule has 0 aliphatic carbocycles. The minimum absolute atomic E-state index is 0.160. The Hall–Kier alpha value is -2.36. The van der Waals surface area contributed by atoms with Crippen molar-refractivity contribution in [1.29, 1.82) is 0 Å². The second kappa shape index (κ2) is 5.10. The molecule has 0 aliphatic rings. The van der Waals surface area contributed by atoms with Crippen molar-refractivity contribution in [2.75, 3.05) is 7.11 Å². The highest BCUT2D eigenvalue weighted by Crippen LogP contribution is 2.32. The third kappa shape index (κ3) is 2.57. The molecule has 19 heavy (non-hydrogen) atoms. The van der Waals surface area contributed by atoms with Crippen molar-refractivity contribution in [3.05, 3.63) is 53.3 Å². The Bertz CT molecular complexity index is 635. The van der Waals surface area contributed by atoms with Gasteiger partial charge in [0.25, 0.3) is 0 Å². The summed E-state index contributed by atoms with van der Waals surface area (Å²) in [6, 6.07) is 8.89. The number of ether oxygens (including phenoxy) is 1. The zero-order valence-electron chi connectivity index (χ0n) is 10.6. The summed E-state index contributed by atoms with van der Waals surface area (Å²) in [7, 11) is 1.26. The molecule has 0 fully saturated rings. The number of esters is 1. The Labute approximate surface area is 110 Å². The molecule has 0 unspecified atom stereocenters. The fourth-order valence-electron chi connectivity index (χ4n) is 1.85. The number of carbonyl (C=O) groups excluding carboxylic acids is 1. The number of phenolic OH excluding ortho intramolecular Hbond substituents is 1. The summed E-state index contributed by atoms with van der Waals surface area (Å²) >= 11 is 0. The zero-order chi connectivity index (χ0) is 14.0. The van der Waals surface area contributed by atoms with Crippen LogP contribution in [0.2, 0.25) is 0 Å². The molecule has 2 rings (SSSR count). The van der Waals surface area contributed by atoms with Crippen LogP contribution in [0.15, 0.2) is 36.4 Å². The van der Waals surface area contributed by atoms with Crippen LogP contribution in [0.25, 0.3) is 11.1 Å². The molecule has 0 amide bonds. The molecule has 2 aromatic rings. The number of aromatic hydroxyl groups is 1. The fraction of sp³-hybridized carbons (Fsp3) is 0.133. The van der Waals surface area contributed by atoms with E-state index in [1.807, 2.05) is 6.92 Å². The van der Waals surface area contributed by atoms with E-state index in [2.05, 4.69) is 4.74 Å². The van der Waals surface area contributed by atoms with Crippen LogP contribution < -0.4 is 0 Å². The Kier molecular flexibility index (Phi) is 3.51. The van der Waals surface area contributed by atoms with Gasteiger partial charge in [0, 0.05) is 11.1 Å². The quantitative estimate of drug-likeness (QED) is 0.843. The van der Waals surface area contributed by atoms with E-state index in [4.69, 9.17) is 0 Å². The summed E-state index contributed by atoms with van der Waals surface area (Å²) in [6.45, 7) is 1.84. The average Bonchev–Trinajstić information content (AvgIpc) is 2.41. The molecule has 0 heterocycles. The first-order valence-corrected chi connectivity index (χ1v) is 5.71. The van der Waals surface area contributed by atoms with Crippen LogP contribution >= 0.6 is 0 Å². The lowest BCUT2D eigenvalue weighted by Crippen LogP contribution is -2.00. The van der Waals surface area contributed by atoms with Gasteiger partial charge in [-0.3, -0.25) is 0 Å². The highest BCUT2D eigenvalue weighted by Gasteiger charge is 2.13. The minimum Gasteiger partial charge on any atom is -0.507 e. The van der Waals surface area contributed by atoms with Crippen molar-refractivity contribution in [3.8, 4) is 16.9 Å². The van der Waals surface area contributed by atoms with E-state index in [0.717, 1.165) is 5.56 Å². The summed E-state index contributed by atoms with van der Waals surface area (Å²) in [5, 5.41) is 9.93. The first-order valence-electron chi connectivity index (χ1n) is 5.71. The molecule has 3 nitrogen and oxygen atoms in total. The Morgan fingerprint density at radius 1 is 1.16 bits per heavy atom. The molecular weight excluding hydrogens is 247 g/mol. The molecule has 0 saturated heterocycles. The van der Waals surface area contributed by atoms with Gasteiger partial charge in [0.1, 0.15) is 11.6 Å². The van der Waals surface area contributed by atoms with Crippen LogP contribution in [0.3, 0.4) is 0 Å². The van der Waals surface area contributed by atoms with E-state index in [0.29, 0.717) is 11.1 Å². The molecular formula is C15H13FO3. The van der Waals surface area contributed by atoms with Crippen molar-refractivity contribution in [3.63, 3.8) is 0 Å². The van der Waals surface area contributed by atoms with Gasteiger partial charge >= 0.3 is 5.97 Å². The van der Waals surface area contributed by atoms with Gasteiger partial charge in [-0.25, -0.2) is 9.18 Å². The summed E-state index contributed by atoms with van der Waals surface area (Å²) in [5.74, 6) is -1.13. The van der Waals surface area contributed by atoms with E-state index in [9.17, 15) is 14.3 Å². The number of halogens is 1. The molecule has 0 saturated carbocycles. The van der Waals surface area contributed by atoms with Gasteiger partial charge in [0.05, 0.1) is 12.7 Å². The molecule has 1 N–H and O–H groups in total. The monoisotopic (exact) mass is 260 g/mol. The van der Waals surface area contributed by atoms with Crippen molar-refractivity contribution in [2.45, 2.75) is 6.92 Å². The van der Waals surface area contributed by atoms with Crippen molar-refractivity contribution < 1.29 is 19.0 Å². The van der Waals surface area contributed by atoms with Gasteiger partial charge in [-0.2, -0.15) is 0 Å². The van der Waals surface area contributed by atoms with Crippen molar-refractivity contribution in [1.82, 2.24) is 0 Å². The number of rotatable bonds is 2. The molecule has 98 valence electrons. The van der Waals surface area contributed by atoms with Crippen LogP contribution in [-0.2, 0) is 4.74 Å². The molecule has 0 aromatic heterocycles. The number of phenols is 1. The van der Waals surface area contributed by atoms with Crippen LogP contribution in [0.5, 0.6) is 5.75 Å². The lowest BCUT2D eigenvalue weighted by atomic mass is 10.0.